The first kappa shape index (κ1) is 7.23. The van der Waals surface area contributed by atoms with Crippen molar-refractivity contribution in [2.75, 3.05) is 7.11 Å². The lowest BCUT2D eigenvalue weighted by Gasteiger charge is -2.06. The molecule has 0 aromatic carbocycles. The fraction of sp³-hybridized carbons (Fsp3) is 0.750. The van der Waals surface area contributed by atoms with E-state index in [1.165, 1.54) is 7.11 Å². The van der Waals surface area contributed by atoms with Crippen molar-refractivity contribution in [2.24, 2.45) is 5.73 Å². The van der Waals surface area contributed by atoms with Gasteiger partial charge in [-0.2, -0.15) is 0 Å². The fourth-order valence-corrected chi connectivity index (χ4v) is 0.212. The van der Waals surface area contributed by atoms with Gasteiger partial charge < -0.3 is 15.2 Å². The molecule has 0 fully saturated rings. The lowest BCUT2D eigenvalue weighted by molar-refractivity contribution is -0.0645. The van der Waals surface area contributed by atoms with Gasteiger partial charge in [0.1, 0.15) is 0 Å². The van der Waals surface area contributed by atoms with Crippen LogP contribution in [0.15, 0.2) is 0 Å². The monoisotopic (exact) mass is 119 g/mol. The van der Waals surface area contributed by atoms with Crippen LogP contribution in [0.3, 0.4) is 0 Å². The number of amides is 1. The van der Waals surface area contributed by atoms with Crippen LogP contribution in [0.5, 0.6) is 0 Å². The summed E-state index contributed by atoms with van der Waals surface area (Å²) in [6.45, 7) is 1.57. The lowest BCUT2D eigenvalue weighted by Crippen LogP contribution is -2.21. The first-order chi connectivity index (χ1) is 3.66. The van der Waals surface area contributed by atoms with Crippen molar-refractivity contribution in [1.29, 1.82) is 0 Å². The molecule has 0 radical (unpaired) electrons. The van der Waals surface area contributed by atoms with Crippen LogP contribution in [-0.4, -0.2) is 19.5 Å². The molecule has 0 rings (SSSR count). The van der Waals surface area contributed by atoms with Crippen LogP contribution in [0.25, 0.3) is 0 Å². The Kier molecular flexibility index (Phi) is 2.95. The Morgan fingerprint density at radius 3 is 2.38 bits per heavy atom. The molecular weight excluding hydrogens is 110 g/mol. The zero-order chi connectivity index (χ0) is 6.57. The number of ether oxygens (including phenoxy) is 2. The summed E-state index contributed by atoms with van der Waals surface area (Å²) in [5, 5.41) is 0. The van der Waals surface area contributed by atoms with Gasteiger partial charge in [0.15, 0.2) is 0 Å². The maximum absolute atomic E-state index is 9.89. The number of hydrogen-bond acceptors (Lipinski definition) is 3. The first-order valence-electron chi connectivity index (χ1n) is 2.15. The molecule has 0 bridgehead atoms. The average Bonchev–Trinajstić information content (AvgIpc) is 1.65. The quantitative estimate of drug-likeness (QED) is 0.523. The molecule has 0 aliphatic heterocycles. The van der Waals surface area contributed by atoms with Gasteiger partial charge in [-0.3, -0.25) is 0 Å². The van der Waals surface area contributed by atoms with Crippen LogP contribution < -0.4 is 5.73 Å². The number of carbonyl (C=O) groups excluding carboxylic acids is 1. The van der Waals surface area contributed by atoms with E-state index in [1.807, 2.05) is 0 Å². The maximum Gasteiger partial charge on any atom is 0.406 e. The summed E-state index contributed by atoms with van der Waals surface area (Å²) in [4.78, 5) is 9.89. The highest BCUT2D eigenvalue weighted by Crippen LogP contribution is 1.87. The molecule has 0 saturated heterocycles. The largest absolute Gasteiger partial charge is 0.420 e. The van der Waals surface area contributed by atoms with E-state index in [2.05, 4.69) is 15.2 Å². The Morgan fingerprint density at radius 2 is 2.25 bits per heavy atom. The number of methoxy groups -OCH3 is 1. The standard InChI is InChI=1S/C4H9NO3/c1-3(7-2)8-4(5)6/h3H,1-2H3,(H2,5,6). The summed E-state index contributed by atoms with van der Waals surface area (Å²) in [5.74, 6) is 0. The van der Waals surface area contributed by atoms with Gasteiger partial charge in [0.2, 0.25) is 6.29 Å². The fourth-order valence-electron chi connectivity index (χ4n) is 0.212. The molecule has 0 aliphatic carbocycles. The second-order valence-corrected chi connectivity index (χ2v) is 1.24. The van der Waals surface area contributed by atoms with Gasteiger partial charge in [-0.05, 0) is 6.92 Å². The zero-order valence-electron chi connectivity index (χ0n) is 4.88. The molecule has 1 atom stereocenters. The second-order valence-electron chi connectivity index (χ2n) is 1.24. The molecule has 0 aliphatic rings. The van der Waals surface area contributed by atoms with Crippen LogP contribution in [0.1, 0.15) is 6.92 Å². The van der Waals surface area contributed by atoms with E-state index in [9.17, 15) is 4.79 Å². The van der Waals surface area contributed by atoms with E-state index in [4.69, 9.17) is 0 Å². The SMILES string of the molecule is COC(C)OC(N)=O. The van der Waals surface area contributed by atoms with E-state index in [1.54, 1.807) is 6.92 Å². The molecule has 1 amide bonds. The topological polar surface area (TPSA) is 61.6 Å². The Labute approximate surface area is 47.6 Å². The first-order valence-corrected chi connectivity index (χ1v) is 2.15. The van der Waals surface area contributed by atoms with E-state index >= 15 is 0 Å². The number of hydrogen-bond donors (Lipinski definition) is 1. The van der Waals surface area contributed by atoms with Crippen molar-refractivity contribution in [3.05, 3.63) is 0 Å². The molecule has 1 unspecified atom stereocenters. The van der Waals surface area contributed by atoms with Crippen molar-refractivity contribution in [2.45, 2.75) is 13.2 Å². The average molecular weight is 119 g/mol. The van der Waals surface area contributed by atoms with Gasteiger partial charge in [-0.25, -0.2) is 4.79 Å². The highest BCUT2D eigenvalue weighted by Gasteiger charge is 2.00. The third-order valence-corrected chi connectivity index (χ3v) is 0.614. The zero-order valence-corrected chi connectivity index (χ0v) is 4.88. The molecule has 0 aromatic rings. The molecule has 0 heterocycles. The number of nitrogens with two attached hydrogens (primary N) is 1. The molecule has 48 valence electrons. The molecule has 4 nitrogen and oxygen atoms in total. The van der Waals surface area contributed by atoms with Crippen LogP contribution in [-0.2, 0) is 9.47 Å². The van der Waals surface area contributed by atoms with Crippen LogP contribution in [0.4, 0.5) is 4.79 Å². The van der Waals surface area contributed by atoms with Crippen molar-refractivity contribution in [1.82, 2.24) is 0 Å². The second kappa shape index (κ2) is 3.26. The minimum atomic E-state index is -0.820. The van der Waals surface area contributed by atoms with Crippen molar-refractivity contribution in [3.8, 4) is 0 Å². The minimum absolute atomic E-state index is 0.549. The predicted octanol–water partition coefficient (Wildman–Crippen LogP) is 0.0741. The van der Waals surface area contributed by atoms with Gasteiger partial charge in [-0.15, -0.1) is 0 Å². The van der Waals surface area contributed by atoms with E-state index < -0.39 is 12.4 Å². The normalized spacial score (nSPS) is 12.8. The Hall–Kier alpha value is -0.770. The number of primary amides is 1. The van der Waals surface area contributed by atoms with E-state index in [0.717, 1.165) is 0 Å². The summed E-state index contributed by atoms with van der Waals surface area (Å²) in [6.07, 6.45) is -1.37. The smallest absolute Gasteiger partial charge is 0.406 e. The highest BCUT2D eigenvalue weighted by atomic mass is 16.7. The van der Waals surface area contributed by atoms with Gasteiger partial charge >= 0.3 is 6.09 Å². The summed E-state index contributed by atoms with van der Waals surface area (Å²) in [7, 11) is 1.42. The van der Waals surface area contributed by atoms with Gasteiger partial charge in [-0.1, -0.05) is 0 Å². The molecule has 0 spiro atoms. The molecular formula is C4H9NO3. The highest BCUT2D eigenvalue weighted by molar-refractivity contribution is 5.64. The summed E-state index contributed by atoms with van der Waals surface area (Å²) >= 11 is 0. The van der Waals surface area contributed by atoms with E-state index in [-0.39, 0.29) is 0 Å². The predicted molar refractivity (Wildman–Crippen MR) is 27.1 cm³/mol. The van der Waals surface area contributed by atoms with Gasteiger partial charge in [0, 0.05) is 7.11 Å². The Morgan fingerprint density at radius 1 is 1.75 bits per heavy atom. The van der Waals surface area contributed by atoms with Crippen molar-refractivity contribution in [3.63, 3.8) is 0 Å². The number of rotatable bonds is 2. The third-order valence-electron chi connectivity index (χ3n) is 0.614. The van der Waals surface area contributed by atoms with Gasteiger partial charge in [0.25, 0.3) is 0 Å². The molecule has 2 N–H and O–H groups in total. The van der Waals surface area contributed by atoms with Crippen LogP contribution in [0.2, 0.25) is 0 Å². The maximum atomic E-state index is 9.89. The third kappa shape index (κ3) is 3.42. The van der Waals surface area contributed by atoms with Crippen molar-refractivity contribution >= 4 is 6.09 Å². The minimum Gasteiger partial charge on any atom is -0.420 e. The molecule has 0 aromatic heterocycles. The van der Waals surface area contributed by atoms with Gasteiger partial charge in [0.05, 0.1) is 0 Å². The summed E-state index contributed by atoms with van der Waals surface area (Å²) in [6, 6.07) is 0. The molecule has 0 saturated carbocycles. The lowest BCUT2D eigenvalue weighted by atomic mass is 10.7. The Bertz CT molecular complexity index is 83.4. The van der Waals surface area contributed by atoms with Crippen LogP contribution >= 0.6 is 0 Å². The summed E-state index contributed by atoms with van der Waals surface area (Å²) in [5.41, 5.74) is 4.63. The molecule has 4 heteroatoms. The van der Waals surface area contributed by atoms with Crippen LogP contribution in [0, 0.1) is 0 Å². The van der Waals surface area contributed by atoms with E-state index in [0.29, 0.717) is 0 Å². The van der Waals surface area contributed by atoms with Crippen molar-refractivity contribution < 1.29 is 14.3 Å². The Balaban J connectivity index is 3.24. The summed E-state index contributed by atoms with van der Waals surface area (Å²) < 4.78 is 8.85. The molecule has 8 heavy (non-hydrogen) atoms. The number of carbonyl (C=O) groups is 1.